The van der Waals surface area contributed by atoms with Crippen LogP contribution in [0, 0.1) is 5.82 Å². The van der Waals surface area contributed by atoms with Crippen molar-refractivity contribution in [3.8, 4) is 0 Å². The lowest BCUT2D eigenvalue weighted by molar-refractivity contribution is 0.593. The van der Waals surface area contributed by atoms with Gasteiger partial charge in [-0.2, -0.15) is 0 Å². The average Bonchev–Trinajstić information content (AvgIpc) is 2.72. The van der Waals surface area contributed by atoms with Gasteiger partial charge in [0, 0.05) is 11.1 Å². The Hall–Kier alpha value is -1.22. The first-order chi connectivity index (χ1) is 8.88. The molecule has 3 N–H and O–H groups in total. The molecule has 0 atom stereocenters. The minimum absolute atomic E-state index is 0.158. The first-order valence-electron chi connectivity index (χ1n) is 5.03. The highest BCUT2D eigenvalue weighted by Crippen LogP contribution is 2.25. The zero-order valence-corrected chi connectivity index (χ0v) is 11.8. The first kappa shape index (κ1) is 14.2. The number of nitrogens with two attached hydrogens (primary N) is 1. The van der Waals surface area contributed by atoms with Gasteiger partial charge >= 0.3 is 0 Å². The third-order valence-corrected chi connectivity index (χ3v) is 4.31. The van der Waals surface area contributed by atoms with Gasteiger partial charge in [0.1, 0.15) is 10.7 Å². The monoisotopic (exact) mass is 321 g/mol. The number of hydrogen-bond acceptors (Lipinski definition) is 5. The van der Waals surface area contributed by atoms with Crippen LogP contribution in [0.1, 0.15) is 4.88 Å². The second kappa shape index (κ2) is 5.41. The van der Waals surface area contributed by atoms with E-state index in [0.29, 0.717) is 4.47 Å². The van der Waals surface area contributed by atoms with Crippen LogP contribution in [0.15, 0.2) is 29.3 Å². The topological polar surface area (TPSA) is 85.1 Å². The fourth-order valence-corrected chi connectivity index (χ4v) is 3.09. The van der Waals surface area contributed by atoms with Crippen LogP contribution >= 0.6 is 22.9 Å². The average molecular weight is 322 g/mol. The summed E-state index contributed by atoms with van der Waals surface area (Å²) in [5.41, 5.74) is -0.158. The normalized spacial score (nSPS) is 11.5. The van der Waals surface area contributed by atoms with Crippen LogP contribution in [0.3, 0.4) is 0 Å². The highest BCUT2D eigenvalue weighted by atomic mass is 35.5. The van der Waals surface area contributed by atoms with Crippen molar-refractivity contribution in [2.75, 3.05) is 5.32 Å². The molecule has 102 valence electrons. The minimum Gasteiger partial charge on any atom is -0.377 e. The van der Waals surface area contributed by atoms with E-state index in [1.54, 1.807) is 0 Å². The maximum Gasteiger partial charge on any atom is 0.240 e. The summed E-state index contributed by atoms with van der Waals surface area (Å²) < 4.78 is 36.7. The van der Waals surface area contributed by atoms with Crippen molar-refractivity contribution in [1.82, 2.24) is 4.98 Å². The lowest BCUT2D eigenvalue weighted by Crippen LogP contribution is -2.15. The Balaban J connectivity index is 2.29. The lowest BCUT2D eigenvalue weighted by atomic mass is 10.3. The number of sulfonamides is 1. The Morgan fingerprint density at radius 1 is 1.47 bits per heavy atom. The largest absolute Gasteiger partial charge is 0.377 e. The van der Waals surface area contributed by atoms with Crippen LogP contribution in [0.4, 0.5) is 10.1 Å². The molecule has 0 bridgehead atoms. The number of anilines is 1. The van der Waals surface area contributed by atoms with E-state index in [1.807, 2.05) is 0 Å². The van der Waals surface area contributed by atoms with Gasteiger partial charge in [0.2, 0.25) is 10.0 Å². The number of benzene rings is 1. The zero-order chi connectivity index (χ0) is 14.0. The van der Waals surface area contributed by atoms with E-state index in [9.17, 15) is 12.8 Å². The molecule has 19 heavy (non-hydrogen) atoms. The summed E-state index contributed by atoms with van der Waals surface area (Å²) in [6, 6.07) is 3.67. The molecule has 0 saturated carbocycles. The summed E-state index contributed by atoms with van der Waals surface area (Å²) in [4.78, 5) is 4.29. The van der Waals surface area contributed by atoms with Gasteiger partial charge in [-0.05, 0) is 12.1 Å². The Kier molecular flexibility index (Phi) is 4.04. The molecule has 0 aliphatic carbocycles. The number of halogens is 2. The molecule has 0 aliphatic heterocycles. The van der Waals surface area contributed by atoms with E-state index in [1.165, 1.54) is 29.7 Å². The van der Waals surface area contributed by atoms with E-state index < -0.39 is 15.8 Å². The van der Waals surface area contributed by atoms with Gasteiger partial charge in [-0.25, -0.2) is 22.9 Å². The zero-order valence-electron chi connectivity index (χ0n) is 9.43. The Morgan fingerprint density at radius 2 is 2.21 bits per heavy atom. The molecule has 0 unspecified atom stereocenters. The smallest absolute Gasteiger partial charge is 0.240 e. The lowest BCUT2D eigenvalue weighted by Gasteiger charge is -2.10. The summed E-state index contributed by atoms with van der Waals surface area (Å²) in [6.45, 7) is 0.202. The second-order valence-corrected chi connectivity index (χ2v) is 6.82. The highest BCUT2D eigenvalue weighted by molar-refractivity contribution is 7.89. The number of primary sulfonamides is 1. The molecule has 9 heteroatoms. The molecule has 0 fully saturated rings. The molecule has 1 aromatic carbocycles. The highest BCUT2D eigenvalue weighted by Gasteiger charge is 2.17. The van der Waals surface area contributed by atoms with Crippen molar-refractivity contribution in [1.29, 1.82) is 0 Å². The number of hydrogen-bond donors (Lipinski definition) is 2. The van der Waals surface area contributed by atoms with Crippen molar-refractivity contribution >= 4 is 38.6 Å². The van der Waals surface area contributed by atoms with Gasteiger partial charge in [-0.3, -0.25) is 0 Å². The van der Waals surface area contributed by atoms with Gasteiger partial charge < -0.3 is 5.32 Å². The summed E-state index contributed by atoms with van der Waals surface area (Å²) in [5.74, 6) is -0.692. The molecular weight excluding hydrogens is 313 g/mol. The quantitative estimate of drug-likeness (QED) is 0.904. The molecule has 0 aliphatic rings. The number of para-hydroxylation sites is 1. The molecule has 2 rings (SSSR count). The molecule has 2 aromatic rings. The summed E-state index contributed by atoms with van der Waals surface area (Å²) in [5, 5.41) is 7.73. The molecule has 0 radical (unpaired) electrons. The molecule has 0 amide bonds. The van der Waals surface area contributed by atoms with Crippen LogP contribution in [-0.2, 0) is 16.6 Å². The molecular formula is C10H9ClFN3O2S2. The predicted molar refractivity (Wildman–Crippen MR) is 72.2 cm³/mol. The van der Waals surface area contributed by atoms with Crippen molar-refractivity contribution in [2.45, 2.75) is 11.4 Å². The fraction of sp³-hybridized carbons (Fsp3) is 0.100. The number of aromatic nitrogens is 1. The van der Waals surface area contributed by atoms with E-state index >= 15 is 0 Å². The maximum atomic E-state index is 13.7. The Labute approximate surface area is 118 Å². The SMILES string of the molecule is NS(=O)(=O)c1cccc(F)c1NCc1cnc(Cl)s1. The van der Waals surface area contributed by atoms with Crippen LogP contribution < -0.4 is 10.5 Å². The maximum absolute atomic E-state index is 13.7. The third-order valence-electron chi connectivity index (χ3n) is 2.25. The number of rotatable bonds is 4. The Morgan fingerprint density at radius 3 is 2.79 bits per heavy atom. The number of thiazole rings is 1. The molecule has 0 spiro atoms. The minimum atomic E-state index is -4.00. The molecule has 1 heterocycles. The van der Waals surface area contributed by atoms with Crippen molar-refractivity contribution in [3.05, 3.63) is 39.6 Å². The van der Waals surface area contributed by atoms with Gasteiger partial charge in [0.15, 0.2) is 4.47 Å². The fourth-order valence-electron chi connectivity index (χ4n) is 1.45. The standard InChI is InChI=1S/C10H9ClFN3O2S2/c11-10-15-5-6(18-10)4-14-9-7(12)2-1-3-8(9)19(13,16)17/h1-3,5,14H,4H2,(H2,13,16,17). The predicted octanol–water partition coefficient (Wildman–Crippen LogP) is 2.20. The molecule has 1 aromatic heterocycles. The van der Waals surface area contributed by atoms with Crippen molar-refractivity contribution < 1.29 is 12.8 Å². The van der Waals surface area contributed by atoms with Crippen molar-refractivity contribution in [3.63, 3.8) is 0 Å². The Bertz CT molecular complexity index is 703. The summed E-state index contributed by atoms with van der Waals surface area (Å²) in [7, 11) is -4.00. The summed E-state index contributed by atoms with van der Waals surface area (Å²) in [6.07, 6.45) is 1.53. The van der Waals surface area contributed by atoms with Crippen LogP contribution in [0.2, 0.25) is 4.47 Å². The second-order valence-electron chi connectivity index (χ2n) is 3.59. The number of nitrogens with zero attached hydrogens (tertiary/aromatic N) is 1. The van der Waals surface area contributed by atoms with Crippen LogP contribution in [0.25, 0.3) is 0 Å². The van der Waals surface area contributed by atoms with E-state index in [-0.39, 0.29) is 17.1 Å². The van der Waals surface area contributed by atoms with Gasteiger partial charge in [0.25, 0.3) is 0 Å². The summed E-state index contributed by atoms with van der Waals surface area (Å²) >= 11 is 6.88. The van der Waals surface area contributed by atoms with E-state index in [2.05, 4.69) is 10.3 Å². The van der Waals surface area contributed by atoms with Crippen LogP contribution in [0.5, 0.6) is 0 Å². The molecule has 5 nitrogen and oxygen atoms in total. The van der Waals surface area contributed by atoms with Crippen molar-refractivity contribution in [2.24, 2.45) is 5.14 Å². The molecule has 0 saturated heterocycles. The first-order valence-corrected chi connectivity index (χ1v) is 7.77. The van der Waals surface area contributed by atoms with Gasteiger partial charge in [-0.15, -0.1) is 11.3 Å². The van der Waals surface area contributed by atoms with Gasteiger partial charge in [-0.1, -0.05) is 17.7 Å². The van der Waals surface area contributed by atoms with Crippen LogP contribution in [-0.4, -0.2) is 13.4 Å². The van der Waals surface area contributed by atoms with Gasteiger partial charge in [0.05, 0.1) is 12.2 Å². The van der Waals surface area contributed by atoms with E-state index in [0.717, 1.165) is 10.9 Å². The number of nitrogens with one attached hydrogen (secondary N) is 1. The third kappa shape index (κ3) is 3.41. The van der Waals surface area contributed by atoms with E-state index in [4.69, 9.17) is 16.7 Å².